The zero-order valence-electron chi connectivity index (χ0n) is 9.70. The molecule has 2 aromatic carbocycles. The molecule has 2 rings (SSSR count). The molecule has 8 heteroatoms. The average Bonchev–Trinajstić information content (AvgIpc) is 2.33. The molecule has 0 unspecified atom stereocenters. The highest BCUT2D eigenvalue weighted by atomic mass is 79.9. The SMILES string of the molecule is O=S(=O)(Nc1c(F)cccc1Br)c1cc(Cl)cc(Cl)c1. The van der Waals surface area contributed by atoms with E-state index in [9.17, 15) is 12.8 Å². The fraction of sp³-hybridized carbons (Fsp3) is 0. The Balaban J connectivity index is 2.46. The van der Waals surface area contributed by atoms with E-state index in [1.54, 1.807) is 0 Å². The smallest absolute Gasteiger partial charge is 0.262 e. The number of rotatable bonds is 3. The highest BCUT2D eigenvalue weighted by Crippen LogP contribution is 2.29. The van der Waals surface area contributed by atoms with Gasteiger partial charge in [-0.1, -0.05) is 29.3 Å². The maximum absolute atomic E-state index is 13.6. The second-order valence-electron chi connectivity index (χ2n) is 3.81. The van der Waals surface area contributed by atoms with E-state index in [-0.39, 0.29) is 25.1 Å². The lowest BCUT2D eigenvalue weighted by Gasteiger charge is -2.11. The Kier molecular flexibility index (Phi) is 4.59. The molecule has 0 aliphatic rings. The predicted octanol–water partition coefficient (Wildman–Crippen LogP) is 4.70. The van der Waals surface area contributed by atoms with E-state index < -0.39 is 15.8 Å². The van der Waals surface area contributed by atoms with Gasteiger partial charge in [-0.3, -0.25) is 4.72 Å². The van der Waals surface area contributed by atoms with Crippen LogP contribution in [0.2, 0.25) is 10.0 Å². The van der Waals surface area contributed by atoms with Gasteiger partial charge in [-0.15, -0.1) is 0 Å². The van der Waals surface area contributed by atoms with E-state index in [0.717, 1.165) is 6.07 Å². The second kappa shape index (κ2) is 5.89. The summed E-state index contributed by atoms with van der Waals surface area (Å²) in [5.41, 5.74) is -0.177. The van der Waals surface area contributed by atoms with E-state index in [2.05, 4.69) is 20.7 Å². The van der Waals surface area contributed by atoms with E-state index in [1.165, 1.54) is 30.3 Å². The number of hydrogen-bond donors (Lipinski definition) is 1. The van der Waals surface area contributed by atoms with Crippen molar-refractivity contribution in [2.45, 2.75) is 4.90 Å². The number of anilines is 1. The van der Waals surface area contributed by atoms with Crippen molar-refractivity contribution >= 4 is 54.8 Å². The van der Waals surface area contributed by atoms with Crippen LogP contribution in [0.5, 0.6) is 0 Å². The van der Waals surface area contributed by atoms with Crippen LogP contribution in [0.15, 0.2) is 45.8 Å². The number of halogens is 4. The van der Waals surface area contributed by atoms with E-state index in [4.69, 9.17) is 23.2 Å². The molecule has 0 aromatic heterocycles. The molecule has 0 heterocycles. The predicted molar refractivity (Wildman–Crippen MR) is 81.4 cm³/mol. The van der Waals surface area contributed by atoms with Gasteiger partial charge < -0.3 is 0 Å². The van der Waals surface area contributed by atoms with Gasteiger partial charge in [0.15, 0.2) is 0 Å². The van der Waals surface area contributed by atoms with E-state index >= 15 is 0 Å². The van der Waals surface area contributed by atoms with Gasteiger partial charge in [-0.2, -0.15) is 0 Å². The van der Waals surface area contributed by atoms with Gasteiger partial charge in [0.2, 0.25) is 0 Å². The molecule has 0 aliphatic carbocycles. The summed E-state index contributed by atoms with van der Waals surface area (Å²) in [5, 5.41) is 0.343. The molecular weight excluding hydrogens is 392 g/mol. The first kappa shape index (κ1) is 15.6. The van der Waals surface area contributed by atoms with Gasteiger partial charge in [0.25, 0.3) is 10.0 Å². The zero-order chi connectivity index (χ0) is 14.9. The lowest BCUT2D eigenvalue weighted by atomic mass is 10.3. The van der Waals surface area contributed by atoms with Crippen LogP contribution < -0.4 is 4.72 Å². The maximum Gasteiger partial charge on any atom is 0.262 e. The minimum atomic E-state index is -3.99. The molecule has 0 atom stereocenters. The summed E-state index contributed by atoms with van der Waals surface area (Å²) >= 11 is 14.6. The normalized spacial score (nSPS) is 11.4. The molecule has 0 bridgehead atoms. The topological polar surface area (TPSA) is 46.2 Å². The summed E-state index contributed by atoms with van der Waals surface area (Å²) < 4.78 is 40.5. The molecule has 20 heavy (non-hydrogen) atoms. The molecule has 0 spiro atoms. The molecule has 0 saturated carbocycles. The van der Waals surface area contributed by atoms with E-state index in [0.29, 0.717) is 0 Å². The third-order valence-corrected chi connectivity index (χ3v) is 4.77. The summed E-state index contributed by atoms with van der Waals surface area (Å²) in [5.74, 6) is -0.698. The Labute approximate surface area is 133 Å². The van der Waals surface area contributed by atoms with Crippen molar-refractivity contribution in [1.82, 2.24) is 0 Å². The summed E-state index contributed by atoms with van der Waals surface area (Å²) in [6, 6.07) is 7.98. The van der Waals surface area contributed by atoms with Crippen molar-refractivity contribution in [2.75, 3.05) is 4.72 Å². The molecule has 0 fully saturated rings. The first-order valence-corrected chi connectivity index (χ1v) is 8.26. The minimum absolute atomic E-state index is 0.148. The van der Waals surface area contributed by atoms with Crippen molar-refractivity contribution in [3.63, 3.8) is 0 Å². The molecular formula is C12H7BrCl2FNO2S. The number of nitrogens with one attached hydrogen (secondary N) is 1. The molecule has 2 aromatic rings. The monoisotopic (exact) mass is 397 g/mol. The first-order valence-electron chi connectivity index (χ1n) is 5.22. The quantitative estimate of drug-likeness (QED) is 0.814. The standard InChI is InChI=1S/C12H7BrCl2FNO2S/c13-10-2-1-3-11(16)12(10)17-20(18,19)9-5-7(14)4-8(15)6-9/h1-6,17H. The summed E-state index contributed by atoms with van der Waals surface area (Å²) in [4.78, 5) is -0.148. The van der Waals surface area contributed by atoms with Gasteiger partial charge in [0.05, 0.1) is 10.6 Å². The summed E-state index contributed by atoms with van der Waals surface area (Å²) in [7, 11) is -3.99. The van der Waals surface area contributed by atoms with Crippen molar-refractivity contribution in [3.05, 3.63) is 56.7 Å². The van der Waals surface area contributed by atoms with Gasteiger partial charge in [-0.25, -0.2) is 12.8 Å². The first-order chi connectivity index (χ1) is 9.29. The molecule has 3 nitrogen and oxygen atoms in total. The third-order valence-electron chi connectivity index (χ3n) is 2.35. The Bertz CT molecular complexity index is 728. The minimum Gasteiger partial charge on any atom is -0.275 e. The van der Waals surface area contributed by atoms with Gasteiger partial charge in [0, 0.05) is 14.5 Å². The van der Waals surface area contributed by atoms with Crippen LogP contribution in [-0.4, -0.2) is 8.42 Å². The van der Waals surface area contributed by atoms with Crippen LogP contribution in [0.1, 0.15) is 0 Å². The molecule has 1 N–H and O–H groups in total. The van der Waals surface area contributed by atoms with Crippen LogP contribution in [0, 0.1) is 5.82 Å². The Morgan fingerprint density at radius 2 is 1.70 bits per heavy atom. The van der Waals surface area contributed by atoms with Crippen molar-refractivity contribution in [3.8, 4) is 0 Å². The van der Waals surface area contributed by atoms with Crippen molar-refractivity contribution in [2.24, 2.45) is 0 Å². The highest BCUT2D eigenvalue weighted by Gasteiger charge is 2.19. The Morgan fingerprint density at radius 1 is 1.10 bits per heavy atom. The fourth-order valence-electron chi connectivity index (χ4n) is 1.47. The van der Waals surface area contributed by atoms with Crippen molar-refractivity contribution < 1.29 is 12.8 Å². The van der Waals surface area contributed by atoms with Crippen LogP contribution in [0.4, 0.5) is 10.1 Å². The molecule has 0 amide bonds. The summed E-state index contributed by atoms with van der Waals surface area (Å²) in [6.45, 7) is 0. The van der Waals surface area contributed by atoms with E-state index in [1.807, 2.05) is 0 Å². The highest BCUT2D eigenvalue weighted by molar-refractivity contribution is 9.10. The number of hydrogen-bond acceptors (Lipinski definition) is 2. The van der Waals surface area contributed by atoms with Gasteiger partial charge in [0.1, 0.15) is 5.82 Å². The fourth-order valence-corrected chi connectivity index (χ4v) is 3.86. The molecule has 0 saturated heterocycles. The lowest BCUT2D eigenvalue weighted by molar-refractivity contribution is 0.598. The third kappa shape index (κ3) is 3.44. The van der Waals surface area contributed by atoms with Crippen molar-refractivity contribution in [1.29, 1.82) is 0 Å². The van der Waals surface area contributed by atoms with Gasteiger partial charge >= 0.3 is 0 Å². The lowest BCUT2D eigenvalue weighted by Crippen LogP contribution is -2.14. The summed E-state index contributed by atoms with van der Waals surface area (Å²) in [6.07, 6.45) is 0. The molecule has 106 valence electrons. The van der Waals surface area contributed by atoms with Crippen LogP contribution in [0.3, 0.4) is 0 Å². The molecule has 0 radical (unpaired) electrons. The average molecular weight is 399 g/mol. The second-order valence-corrected chi connectivity index (χ2v) is 7.22. The molecule has 0 aliphatic heterocycles. The largest absolute Gasteiger partial charge is 0.275 e. The van der Waals surface area contributed by atoms with Gasteiger partial charge in [-0.05, 0) is 46.3 Å². The number of benzene rings is 2. The maximum atomic E-state index is 13.6. The Morgan fingerprint density at radius 3 is 2.25 bits per heavy atom. The van der Waals surface area contributed by atoms with Crippen LogP contribution in [0.25, 0.3) is 0 Å². The van der Waals surface area contributed by atoms with Crippen LogP contribution in [-0.2, 0) is 10.0 Å². The Hall–Kier alpha value is -0.820. The zero-order valence-corrected chi connectivity index (χ0v) is 13.6. The number of sulfonamides is 1. The number of para-hydroxylation sites is 1. The van der Waals surface area contributed by atoms with Crippen LogP contribution >= 0.6 is 39.1 Å².